The zero-order chi connectivity index (χ0) is 14.5. The largest absolute Gasteiger partial charge is 0.381 e. The monoisotopic (exact) mass is 336 g/mol. The molecule has 0 spiro atoms. The van der Waals surface area contributed by atoms with Gasteiger partial charge in [-0.15, -0.1) is 0 Å². The Balaban J connectivity index is 1.98. The first-order valence-corrected chi connectivity index (χ1v) is 6.89. The molecule has 1 amide bonds. The summed E-state index contributed by atoms with van der Waals surface area (Å²) in [5.74, 6) is -0.611. The molecule has 0 bridgehead atoms. The Labute approximate surface area is 125 Å². The number of halogens is 2. The lowest BCUT2D eigenvalue weighted by Gasteiger charge is -2.08. The van der Waals surface area contributed by atoms with Crippen molar-refractivity contribution in [2.45, 2.75) is 13.0 Å². The lowest BCUT2D eigenvalue weighted by molar-refractivity contribution is -0.117. The van der Waals surface area contributed by atoms with Gasteiger partial charge in [0.05, 0.1) is 6.42 Å². The number of carbonyl (C=O) groups is 1. The van der Waals surface area contributed by atoms with Crippen molar-refractivity contribution in [3.05, 3.63) is 63.9 Å². The van der Waals surface area contributed by atoms with E-state index >= 15 is 0 Å². The predicted octanol–water partition coefficient (Wildman–Crippen LogP) is 3.23. The number of anilines is 1. The van der Waals surface area contributed by atoms with Crippen LogP contribution in [-0.2, 0) is 17.8 Å². The van der Waals surface area contributed by atoms with Crippen molar-refractivity contribution in [1.82, 2.24) is 0 Å². The van der Waals surface area contributed by atoms with Crippen LogP contribution in [0.2, 0.25) is 0 Å². The van der Waals surface area contributed by atoms with Gasteiger partial charge in [-0.05, 0) is 29.8 Å². The minimum absolute atomic E-state index is 0.224. The number of rotatable bonds is 5. The zero-order valence-corrected chi connectivity index (χ0v) is 12.3. The van der Waals surface area contributed by atoms with E-state index in [1.54, 1.807) is 12.1 Å². The van der Waals surface area contributed by atoms with E-state index in [0.717, 1.165) is 15.7 Å². The maximum atomic E-state index is 13.6. The Morgan fingerprint density at radius 2 is 1.90 bits per heavy atom. The molecule has 0 atom stereocenters. The fraction of sp³-hybridized carbons (Fsp3) is 0.133. The molecule has 0 aliphatic rings. The molecule has 0 unspecified atom stereocenters. The molecule has 0 heterocycles. The summed E-state index contributed by atoms with van der Waals surface area (Å²) in [5.41, 5.74) is 7.44. The molecule has 2 aromatic rings. The van der Waals surface area contributed by atoms with Gasteiger partial charge < -0.3 is 11.1 Å². The summed E-state index contributed by atoms with van der Waals surface area (Å²) in [6.07, 6.45) is 0.224. The van der Waals surface area contributed by atoms with E-state index in [1.165, 1.54) is 6.07 Å². The van der Waals surface area contributed by atoms with Crippen molar-refractivity contribution in [2.24, 2.45) is 5.73 Å². The molecule has 20 heavy (non-hydrogen) atoms. The van der Waals surface area contributed by atoms with E-state index in [4.69, 9.17) is 5.73 Å². The number of benzene rings is 2. The zero-order valence-electron chi connectivity index (χ0n) is 10.7. The van der Waals surface area contributed by atoms with Crippen molar-refractivity contribution < 1.29 is 9.18 Å². The molecule has 0 radical (unpaired) electrons. The molecule has 5 heteroatoms. The lowest BCUT2D eigenvalue weighted by atomic mass is 10.1. The third-order valence-corrected chi connectivity index (χ3v) is 3.32. The van der Waals surface area contributed by atoms with Crippen molar-refractivity contribution in [3.63, 3.8) is 0 Å². The summed E-state index contributed by atoms with van der Waals surface area (Å²) in [4.78, 5) is 10.8. The van der Waals surface area contributed by atoms with Crippen LogP contribution in [0.15, 0.2) is 46.9 Å². The van der Waals surface area contributed by atoms with Gasteiger partial charge in [-0.1, -0.05) is 34.1 Å². The molecule has 2 aromatic carbocycles. The van der Waals surface area contributed by atoms with E-state index in [1.807, 2.05) is 24.3 Å². The first kappa shape index (κ1) is 14.5. The van der Waals surface area contributed by atoms with Gasteiger partial charge in [0.25, 0.3) is 0 Å². The molecule has 104 valence electrons. The first-order valence-electron chi connectivity index (χ1n) is 6.09. The molecule has 0 fully saturated rings. The molecule has 0 aliphatic heterocycles. The van der Waals surface area contributed by atoms with Crippen molar-refractivity contribution in [2.75, 3.05) is 5.32 Å². The number of primary amides is 1. The topological polar surface area (TPSA) is 55.1 Å². The molecular weight excluding hydrogens is 323 g/mol. The van der Waals surface area contributed by atoms with Crippen LogP contribution in [0.1, 0.15) is 11.1 Å². The Hall–Kier alpha value is -1.88. The second-order valence-corrected chi connectivity index (χ2v) is 5.34. The van der Waals surface area contributed by atoms with E-state index in [2.05, 4.69) is 21.2 Å². The number of hydrogen-bond acceptors (Lipinski definition) is 2. The van der Waals surface area contributed by atoms with Gasteiger partial charge in [-0.3, -0.25) is 4.79 Å². The quantitative estimate of drug-likeness (QED) is 0.880. The van der Waals surface area contributed by atoms with Crippen LogP contribution in [0.4, 0.5) is 10.1 Å². The van der Waals surface area contributed by atoms with Gasteiger partial charge >= 0.3 is 0 Å². The second-order valence-electron chi connectivity index (χ2n) is 4.43. The van der Waals surface area contributed by atoms with Gasteiger partial charge in [-0.2, -0.15) is 0 Å². The molecule has 0 aliphatic carbocycles. The van der Waals surface area contributed by atoms with Gasteiger partial charge in [0.1, 0.15) is 5.82 Å². The molecule has 0 aromatic heterocycles. The smallest absolute Gasteiger partial charge is 0.221 e. The van der Waals surface area contributed by atoms with Crippen molar-refractivity contribution in [3.8, 4) is 0 Å². The summed E-state index contributed by atoms with van der Waals surface area (Å²) < 4.78 is 14.4. The second kappa shape index (κ2) is 6.52. The van der Waals surface area contributed by atoms with E-state index < -0.39 is 0 Å². The number of nitrogens with two attached hydrogens (primary N) is 1. The van der Waals surface area contributed by atoms with Gasteiger partial charge in [0.15, 0.2) is 0 Å². The van der Waals surface area contributed by atoms with Crippen LogP contribution in [0.25, 0.3) is 0 Å². The summed E-state index contributed by atoms with van der Waals surface area (Å²) in [6, 6.07) is 12.3. The third kappa shape index (κ3) is 4.06. The Kier molecular flexibility index (Phi) is 4.74. The summed E-state index contributed by atoms with van der Waals surface area (Å²) in [6.45, 7) is 0.397. The van der Waals surface area contributed by atoms with Crippen molar-refractivity contribution in [1.29, 1.82) is 0 Å². The standard InChI is InChI=1S/C15H14BrFN2O/c16-12-4-3-11(14(17)8-12)9-19-13-5-1-10(2-6-13)7-15(18)20/h1-6,8,19H,7,9H2,(H2,18,20). The van der Waals surface area contributed by atoms with Crippen LogP contribution in [0.5, 0.6) is 0 Å². The summed E-state index contributed by atoms with van der Waals surface area (Å²) in [5, 5.41) is 3.13. The predicted molar refractivity (Wildman–Crippen MR) is 80.8 cm³/mol. The SMILES string of the molecule is NC(=O)Cc1ccc(NCc2ccc(Br)cc2F)cc1. The highest BCUT2D eigenvalue weighted by atomic mass is 79.9. The Bertz CT molecular complexity index is 614. The highest BCUT2D eigenvalue weighted by Crippen LogP contribution is 2.17. The highest BCUT2D eigenvalue weighted by molar-refractivity contribution is 9.10. The van der Waals surface area contributed by atoms with Gasteiger partial charge in [0, 0.05) is 22.3 Å². The number of hydrogen-bond donors (Lipinski definition) is 2. The maximum Gasteiger partial charge on any atom is 0.221 e. The molecule has 0 saturated carbocycles. The highest BCUT2D eigenvalue weighted by Gasteiger charge is 2.03. The number of nitrogens with one attached hydrogen (secondary N) is 1. The number of amides is 1. The summed E-state index contributed by atoms with van der Waals surface area (Å²) >= 11 is 3.22. The van der Waals surface area contributed by atoms with Gasteiger partial charge in [0.2, 0.25) is 5.91 Å². The van der Waals surface area contributed by atoms with Crippen LogP contribution < -0.4 is 11.1 Å². The van der Waals surface area contributed by atoms with Crippen LogP contribution >= 0.6 is 15.9 Å². The maximum absolute atomic E-state index is 13.6. The van der Waals surface area contributed by atoms with Crippen LogP contribution in [0, 0.1) is 5.82 Å². The van der Waals surface area contributed by atoms with Crippen molar-refractivity contribution >= 4 is 27.5 Å². The average Bonchev–Trinajstić information content (AvgIpc) is 2.39. The fourth-order valence-corrected chi connectivity index (χ4v) is 2.14. The Morgan fingerprint density at radius 1 is 1.20 bits per heavy atom. The minimum atomic E-state index is -0.359. The molecule has 3 N–H and O–H groups in total. The van der Waals surface area contributed by atoms with E-state index in [0.29, 0.717) is 12.1 Å². The van der Waals surface area contributed by atoms with Crippen LogP contribution in [-0.4, -0.2) is 5.91 Å². The third-order valence-electron chi connectivity index (χ3n) is 2.83. The molecule has 2 rings (SSSR count). The molecule has 3 nitrogen and oxygen atoms in total. The Morgan fingerprint density at radius 3 is 2.50 bits per heavy atom. The van der Waals surface area contributed by atoms with Gasteiger partial charge in [-0.25, -0.2) is 4.39 Å². The lowest BCUT2D eigenvalue weighted by Crippen LogP contribution is -2.13. The first-order chi connectivity index (χ1) is 9.54. The van der Waals surface area contributed by atoms with E-state index in [-0.39, 0.29) is 18.1 Å². The van der Waals surface area contributed by atoms with E-state index in [9.17, 15) is 9.18 Å². The number of carbonyl (C=O) groups excluding carboxylic acids is 1. The molecular formula is C15H14BrFN2O. The minimum Gasteiger partial charge on any atom is -0.381 e. The average molecular weight is 337 g/mol. The normalized spacial score (nSPS) is 10.3. The molecule has 0 saturated heterocycles. The fourth-order valence-electron chi connectivity index (χ4n) is 1.80. The van der Waals surface area contributed by atoms with Crippen LogP contribution in [0.3, 0.4) is 0 Å². The summed E-state index contributed by atoms with van der Waals surface area (Å²) in [7, 11) is 0.